The van der Waals surface area contributed by atoms with Crippen LogP contribution in [0.25, 0.3) is 0 Å². The van der Waals surface area contributed by atoms with Gasteiger partial charge in [-0.25, -0.2) is 4.39 Å². The number of morpholine rings is 1. The quantitative estimate of drug-likeness (QED) is 0.853. The second-order valence-corrected chi connectivity index (χ2v) is 5.25. The summed E-state index contributed by atoms with van der Waals surface area (Å²) in [7, 11) is 0. The van der Waals surface area contributed by atoms with Crippen LogP contribution in [0.5, 0.6) is 0 Å². The van der Waals surface area contributed by atoms with Crippen LogP contribution >= 0.6 is 0 Å². The summed E-state index contributed by atoms with van der Waals surface area (Å²) in [4.78, 5) is 0. The molecule has 0 radical (unpaired) electrons. The van der Waals surface area contributed by atoms with Gasteiger partial charge in [0.05, 0.1) is 11.7 Å². The normalized spacial score (nSPS) is 33.6. The Morgan fingerprint density at radius 3 is 2.59 bits per heavy atom. The average Bonchev–Trinajstić information content (AvgIpc) is 2.28. The van der Waals surface area contributed by atoms with E-state index < -0.39 is 0 Å². The van der Waals surface area contributed by atoms with Crippen molar-refractivity contribution in [3.05, 3.63) is 35.6 Å². The third-order valence-corrected chi connectivity index (χ3v) is 3.46. The monoisotopic (exact) mass is 237 g/mol. The zero-order chi connectivity index (χ0) is 12.5. The molecule has 0 aliphatic carbocycles. The fourth-order valence-corrected chi connectivity index (χ4v) is 2.27. The molecule has 3 atom stereocenters. The molecular weight excluding hydrogens is 217 g/mol. The summed E-state index contributed by atoms with van der Waals surface area (Å²) in [5, 5.41) is 3.45. The molecule has 1 aliphatic heterocycles. The summed E-state index contributed by atoms with van der Waals surface area (Å²) in [6.07, 6.45) is 1.01. The Kier molecular flexibility index (Phi) is 3.50. The first kappa shape index (κ1) is 12.5. The average molecular weight is 237 g/mol. The van der Waals surface area contributed by atoms with Crippen LogP contribution < -0.4 is 5.32 Å². The molecule has 1 aromatic rings. The van der Waals surface area contributed by atoms with E-state index in [0.717, 1.165) is 18.5 Å². The Hall–Kier alpha value is -0.930. The molecule has 2 nitrogen and oxygen atoms in total. The fraction of sp³-hybridized carbons (Fsp3) is 0.571. The smallest absolute Gasteiger partial charge is 0.123 e. The van der Waals surface area contributed by atoms with Gasteiger partial charge in [0, 0.05) is 19.0 Å². The maximum Gasteiger partial charge on any atom is 0.123 e. The summed E-state index contributed by atoms with van der Waals surface area (Å²) >= 11 is 0. The van der Waals surface area contributed by atoms with Crippen LogP contribution in [0.2, 0.25) is 0 Å². The molecule has 2 rings (SSSR count). The number of hydrogen-bond acceptors (Lipinski definition) is 2. The van der Waals surface area contributed by atoms with Crippen LogP contribution in [0.15, 0.2) is 24.3 Å². The highest BCUT2D eigenvalue weighted by Crippen LogP contribution is 2.24. The first-order valence-corrected chi connectivity index (χ1v) is 6.14. The second kappa shape index (κ2) is 4.75. The molecule has 0 spiro atoms. The summed E-state index contributed by atoms with van der Waals surface area (Å²) < 4.78 is 18.9. The van der Waals surface area contributed by atoms with Crippen LogP contribution in [0.3, 0.4) is 0 Å². The number of halogens is 1. The van der Waals surface area contributed by atoms with Crippen molar-refractivity contribution in [2.24, 2.45) is 0 Å². The maximum atomic E-state index is 12.8. The molecule has 1 aliphatic rings. The third kappa shape index (κ3) is 3.05. The van der Waals surface area contributed by atoms with E-state index in [1.807, 2.05) is 12.1 Å². The molecule has 94 valence electrons. The van der Waals surface area contributed by atoms with Gasteiger partial charge in [-0.15, -0.1) is 0 Å². The standard InChI is InChI=1S/C14H20FNO/c1-10-11(2)17-14(3,9-16-10)8-12-4-6-13(15)7-5-12/h4-7,10-11,16H,8-9H2,1-3H3. The number of rotatable bonds is 2. The Balaban J connectivity index is 2.05. The van der Waals surface area contributed by atoms with Crippen molar-refractivity contribution in [3.63, 3.8) is 0 Å². The van der Waals surface area contributed by atoms with Crippen molar-refractivity contribution < 1.29 is 9.13 Å². The van der Waals surface area contributed by atoms with Crippen LogP contribution in [-0.2, 0) is 11.2 Å². The summed E-state index contributed by atoms with van der Waals surface area (Å²) in [6.45, 7) is 7.14. The zero-order valence-corrected chi connectivity index (χ0v) is 10.7. The Morgan fingerprint density at radius 1 is 1.35 bits per heavy atom. The van der Waals surface area contributed by atoms with Gasteiger partial charge in [0.2, 0.25) is 0 Å². The van der Waals surface area contributed by atoms with E-state index in [9.17, 15) is 4.39 Å². The van der Waals surface area contributed by atoms with Gasteiger partial charge in [0.1, 0.15) is 5.82 Å². The Morgan fingerprint density at radius 2 is 2.00 bits per heavy atom. The number of nitrogens with one attached hydrogen (secondary N) is 1. The minimum Gasteiger partial charge on any atom is -0.369 e. The van der Waals surface area contributed by atoms with Crippen LogP contribution in [0.1, 0.15) is 26.3 Å². The first-order valence-electron chi connectivity index (χ1n) is 6.14. The maximum absolute atomic E-state index is 12.8. The minimum atomic E-state index is -0.205. The lowest BCUT2D eigenvalue weighted by Gasteiger charge is -2.41. The van der Waals surface area contributed by atoms with E-state index in [0.29, 0.717) is 6.04 Å². The highest BCUT2D eigenvalue weighted by Gasteiger charge is 2.34. The highest BCUT2D eigenvalue weighted by molar-refractivity contribution is 5.18. The largest absolute Gasteiger partial charge is 0.369 e. The van der Waals surface area contributed by atoms with Gasteiger partial charge in [-0.3, -0.25) is 0 Å². The molecule has 1 N–H and O–H groups in total. The molecule has 1 aromatic carbocycles. The van der Waals surface area contributed by atoms with Crippen molar-refractivity contribution in [3.8, 4) is 0 Å². The Bertz CT molecular complexity index is 378. The van der Waals surface area contributed by atoms with E-state index in [-0.39, 0.29) is 17.5 Å². The van der Waals surface area contributed by atoms with Crippen molar-refractivity contribution >= 4 is 0 Å². The van der Waals surface area contributed by atoms with E-state index in [4.69, 9.17) is 4.74 Å². The summed E-state index contributed by atoms with van der Waals surface area (Å²) in [5.41, 5.74) is 0.904. The molecule has 1 heterocycles. The third-order valence-electron chi connectivity index (χ3n) is 3.46. The zero-order valence-electron chi connectivity index (χ0n) is 10.7. The van der Waals surface area contributed by atoms with Crippen molar-refractivity contribution in [1.82, 2.24) is 5.32 Å². The van der Waals surface area contributed by atoms with Gasteiger partial charge in [-0.05, 0) is 38.5 Å². The molecule has 1 saturated heterocycles. The predicted octanol–water partition coefficient (Wildman–Crippen LogP) is 2.52. The van der Waals surface area contributed by atoms with Gasteiger partial charge in [-0.1, -0.05) is 12.1 Å². The summed E-state index contributed by atoms with van der Waals surface area (Å²) in [6, 6.07) is 7.04. The number of ether oxygens (including phenoxy) is 1. The molecule has 0 aromatic heterocycles. The highest BCUT2D eigenvalue weighted by atomic mass is 19.1. The molecule has 0 amide bonds. The first-order chi connectivity index (χ1) is 7.98. The molecule has 1 fully saturated rings. The van der Waals surface area contributed by atoms with Crippen LogP contribution in [0.4, 0.5) is 4.39 Å². The molecule has 17 heavy (non-hydrogen) atoms. The minimum absolute atomic E-state index is 0.191. The molecule has 0 saturated carbocycles. The summed E-state index contributed by atoms with van der Waals surface area (Å²) in [5.74, 6) is -0.191. The van der Waals surface area contributed by atoms with E-state index in [1.54, 1.807) is 0 Å². The van der Waals surface area contributed by atoms with Gasteiger partial charge in [-0.2, -0.15) is 0 Å². The lowest BCUT2D eigenvalue weighted by atomic mass is 9.93. The van der Waals surface area contributed by atoms with Crippen molar-refractivity contribution in [2.45, 2.75) is 44.9 Å². The van der Waals surface area contributed by atoms with Gasteiger partial charge >= 0.3 is 0 Å². The number of hydrogen-bond donors (Lipinski definition) is 1. The second-order valence-electron chi connectivity index (χ2n) is 5.25. The lowest BCUT2D eigenvalue weighted by molar-refractivity contribution is -0.114. The molecule has 3 unspecified atom stereocenters. The number of benzene rings is 1. The van der Waals surface area contributed by atoms with Crippen LogP contribution in [-0.4, -0.2) is 24.3 Å². The van der Waals surface area contributed by atoms with Crippen molar-refractivity contribution in [1.29, 1.82) is 0 Å². The topological polar surface area (TPSA) is 21.3 Å². The van der Waals surface area contributed by atoms with E-state index in [2.05, 4.69) is 26.1 Å². The van der Waals surface area contributed by atoms with Gasteiger partial charge in [0.15, 0.2) is 0 Å². The predicted molar refractivity (Wildman–Crippen MR) is 66.5 cm³/mol. The Labute approximate surface area is 102 Å². The fourth-order valence-electron chi connectivity index (χ4n) is 2.27. The van der Waals surface area contributed by atoms with E-state index in [1.165, 1.54) is 12.1 Å². The SMILES string of the molecule is CC1NCC(C)(Cc2ccc(F)cc2)OC1C. The van der Waals surface area contributed by atoms with Gasteiger partial charge in [0.25, 0.3) is 0 Å². The van der Waals surface area contributed by atoms with Gasteiger partial charge < -0.3 is 10.1 Å². The lowest BCUT2D eigenvalue weighted by Crippen LogP contribution is -2.56. The van der Waals surface area contributed by atoms with Crippen molar-refractivity contribution in [2.75, 3.05) is 6.54 Å². The molecule has 3 heteroatoms. The van der Waals surface area contributed by atoms with Crippen LogP contribution in [0, 0.1) is 5.82 Å². The molecule has 0 bridgehead atoms. The van der Waals surface area contributed by atoms with E-state index >= 15 is 0 Å². The molecular formula is C14H20FNO.